The number of nitrogens with zero attached hydrogens (tertiary/aromatic N) is 3. The first-order valence-electron chi connectivity index (χ1n) is 7.72. The standard InChI is InChI=1S/C16H22N4O4/c1-18(2)15(23)20(16(24)19-8-6-17-7-9-19)13-5-3-4-12(10-13)11-14(21)22/h3-5,10,17H,6-9,11H2,1-2H3,(H,21,22). The fourth-order valence-corrected chi connectivity index (χ4v) is 2.48. The van der Waals surface area contributed by atoms with Gasteiger partial charge in [-0.3, -0.25) is 4.79 Å². The number of urea groups is 2. The lowest BCUT2D eigenvalue weighted by atomic mass is 10.1. The molecule has 1 aliphatic rings. The number of carboxylic acids is 1. The highest BCUT2D eigenvalue weighted by Gasteiger charge is 2.30. The second-order valence-electron chi connectivity index (χ2n) is 5.77. The summed E-state index contributed by atoms with van der Waals surface area (Å²) >= 11 is 0. The van der Waals surface area contributed by atoms with Gasteiger partial charge < -0.3 is 20.2 Å². The average Bonchev–Trinajstić information content (AvgIpc) is 2.55. The SMILES string of the molecule is CN(C)C(=O)N(C(=O)N1CCNCC1)c1cccc(CC(=O)O)c1. The van der Waals surface area contributed by atoms with Crippen molar-refractivity contribution >= 4 is 23.7 Å². The van der Waals surface area contributed by atoms with Crippen LogP contribution in [-0.2, 0) is 11.2 Å². The monoisotopic (exact) mass is 334 g/mol. The van der Waals surface area contributed by atoms with Crippen LogP contribution < -0.4 is 10.2 Å². The highest BCUT2D eigenvalue weighted by atomic mass is 16.4. The predicted octanol–water partition coefficient (Wildman–Crippen LogP) is 0.827. The van der Waals surface area contributed by atoms with Crippen LogP contribution >= 0.6 is 0 Å². The van der Waals surface area contributed by atoms with E-state index in [0.717, 1.165) is 4.90 Å². The van der Waals surface area contributed by atoms with E-state index in [1.165, 1.54) is 4.90 Å². The minimum atomic E-state index is -0.967. The number of carbonyl (C=O) groups is 3. The van der Waals surface area contributed by atoms with Crippen LogP contribution in [0.1, 0.15) is 5.56 Å². The van der Waals surface area contributed by atoms with Crippen molar-refractivity contribution < 1.29 is 19.5 Å². The Balaban J connectivity index is 2.33. The molecule has 8 nitrogen and oxygen atoms in total. The van der Waals surface area contributed by atoms with E-state index in [4.69, 9.17) is 5.11 Å². The number of rotatable bonds is 3. The minimum Gasteiger partial charge on any atom is -0.481 e. The van der Waals surface area contributed by atoms with Crippen molar-refractivity contribution in [3.8, 4) is 0 Å². The Morgan fingerprint density at radius 2 is 1.88 bits per heavy atom. The third-order valence-electron chi connectivity index (χ3n) is 3.68. The van der Waals surface area contributed by atoms with Crippen LogP contribution in [0.5, 0.6) is 0 Å². The van der Waals surface area contributed by atoms with Gasteiger partial charge in [0.05, 0.1) is 12.1 Å². The number of benzene rings is 1. The predicted molar refractivity (Wildman–Crippen MR) is 89.2 cm³/mol. The first-order valence-corrected chi connectivity index (χ1v) is 7.72. The topological polar surface area (TPSA) is 93.2 Å². The summed E-state index contributed by atoms with van der Waals surface area (Å²) in [6, 6.07) is 5.64. The zero-order valence-electron chi connectivity index (χ0n) is 13.9. The van der Waals surface area contributed by atoms with Crippen LogP contribution in [-0.4, -0.2) is 73.2 Å². The molecular weight excluding hydrogens is 312 g/mol. The van der Waals surface area contributed by atoms with Crippen LogP contribution in [0.2, 0.25) is 0 Å². The fraction of sp³-hybridized carbons (Fsp3) is 0.438. The third kappa shape index (κ3) is 4.23. The molecule has 0 spiro atoms. The molecule has 1 fully saturated rings. The van der Waals surface area contributed by atoms with Gasteiger partial charge in [0.2, 0.25) is 0 Å². The molecule has 2 N–H and O–H groups in total. The molecule has 4 amide bonds. The first-order chi connectivity index (χ1) is 11.4. The third-order valence-corrected chi connectivity index (χ3v) is 3.68. The molecule has 0 aromatic heterocycles. The second kappa shape index (κ2) is 7.78. The lowest BCUT2D eigenvalue weighted by Crippen LogP contribution is -2.55. The zero-order chi connectivity index (χ0) is 17.7. The smallest absolute Gasteiger partial charge is 0.332 e. The summed E-state index contributed by atoms with van der Waals surface area (Å²) in [5.41, 5.74) is 0.903. The Labute approximate surface area is 140 Å². The van der Waals surface area contributed by atoms with Crippen LogP contribution in [0.4, 0.5) is 15.3 Å². The molecule has 130 valence electrons. The summed E-state index contributed by atoms with van der Waals surface area (Å²) < 4.78 is 0. The van der Waals surface area contributed by atoms with E-state index in [1.54, 1.807) is 43.3 Å². The van der Waals surface area contributed by atoms with E-state index in [0.29, 0.717) is 37.4 Å². The van der Waals surface area contributed by atoms with E-state index in [2.05, 4.69) is 5.32 Å². The molecule has 24 heavy (non-hydrogen) atoms. The lowest BCUT2D eigenvalue weighted by Gasteiger charge is -2.33. The molecule has 0 unspecified atom stereocenters. The highest BCUT2D eigenvalue weighted by molar-refractivity contribution is 6.13. The summed E-state index contributed by atoms with van der Waals surface area (Å²) in [6.45, 7) is 2.39. The summed E-state index contributed by atoms with van der Waals surface area (Å²) in [7, 11) is 3.14. The Morgan fingerprint density at radius 3 is 2.46 bits per heavy atom. The molecule has 1 heterocycles. The molecular formula is C16H22N4O4. The Hall–Kier alpha value is -2.61. The Bertz CT molecular complexity index is 626. The molecule has 1 aliphatic heterocycles. The van der Waals surface area contributed by atoms with Crippen molar-refractivity contribution in [2.24, 2.45) is 0 Å². The number of amides is 4. The maximum Gasteiger partial charge on any atom is 0.332 e. The van der Waals surface area contributed by atoms with E-state index in [1.807, 2.05) is 0 Å². The lowest BCUT2D eigenvalue weighted by molar-refractivity contribution is -0.136. The number of nitrogens with one attached hydrogen (secondary N) is 1. The number of aliphatic carboxylic acids is 1. The summed E-state index contributed by atoms with van der Waals surface area (Å²) in [5, 5.41) is 12.1. The number of hydrogen-bond donors (Lipinski definition) is 2. The molecule has 1 aromatic rings. The molecule has 0 aliphatic carbocycles. The Morgan fingerprint density at radius 1 is 1.21 bits per heavy atom. The highest BCUT2D eigenvalue weighted by Crippen LogP contribution is 2.20. The van der Waals surface area contributed by atoms with E-state index >= 15 is 0 Å². The van der Waals surface area contributed by atoms with Crippen LogP contribution in [0.25, 0.3) is 0 Å². The normalized spacial score (nSPS) is 14.2. The van der Waals surface area contributed by atoms with Crippen molar-refractivity contribution in [2.75, 3.05) is 45.2 Å². The Kier molecular flexibility index (Phi) is 5.75. The molecule has 1 aromatic carbocycles. The van der Waals surface area contributed by atoms with Gasteiger partial charge in [-0.15, -0.1) is 0 Å². The van der Waals surface area contributed by atoms with Gasteiger partial charge in [0.1, 0.15) is 0 Å². The minimum absolute atomic E-state index is 0.167. The average molecular weight is 334 g/mol. The van der Waals surface area contributed by atoms with Gasteiger partial charge in [-0.1, -0.05) is 12.1 Å². The number of carboxylic acid groups (broad SMARTS) is 1. The number of hydrogen-bond acceptors (Lipinski definition) is 4. The maximum atomic E-state index is 12.8. The van der Waals surface area contributed by atoms with E-state index in [9.17, 15) is 14.4 Å². The molecule has 2 rings (SSSR count). The number of piperazine rings is 1. The van der Waals surface area contributed by atoms with Crippen molar-refractivity contribution in [3.63, 3.8) is 0 Å². The van der Waals surface area contributed by atoms with Gasteiger partial charge in [-0.05, 0) is 17.7 Å². The first kappa shape index (κ1) is 17.7. The summed E-state index contributed by atoms with van der Waals surface area (Å²) in [4.78, 5) is 40.3. The van der Waals surface area contributed by atoms with Crippen LogP contribution in [0.15, 0.2) is 24.3 Å². The van der Waals surface area contributed by atoms with Crippen molar-refractivity contribution in [1.82, 2.24) is 15.1 Å². The van der Waals surface area contributed by atoms with Crippen molar-refractivity contribution in [2.45, 2.75) is 6.42 Å². The van der Waals surface area contributed by atoms with Gasteiger partial charge >= 0.3 is 18.0 Å². The van der Waals surface area contributed by atoms with Crippen molar-refractivity contribution in [1.29, 1.82) is 0 Å². The second-order valence-corrected chi connectivity index (χ2v) is 5.77. The largest absolute Gasteiger partial charge is 0.481 e. The quantitative estimate of drug-likeness (QED) is 0.854. The van der Waals surface area contributed by atoms with E-state index in [-0.39, 0.29) is 6.42 Å². The van der Waals surface area contributed by atoms with Crippen LogP contribution in [0, 0.1) is 0 Å². The summed E-state index contributed by atoms with van der Waals surface area (Å²) in [5.74, 6) is -0.967. The molecule has 0 bridgehead atoms. The molecule has 0 atom stereocenters. The summed E-state index contributed by atoms with van der Waals surface area (Å²) in [6.07, 6.45) is -0.167. The van der Waals surface area contributed by atoms with Gasteiger partial charge in [0, 0.05) is 40.3 Å². The van der Waals surface area contributed by atoms with Gasteiger partial charge in [0.15, 0.2) is 0 Å². The number of anilines is 1. The number of imide groups is 1. The molecule has 8 heteroatoms. The van der Waals surface area contributed by atoms with E-state index < -0.39 is 18.0 Å². The molecule has 0 radical (unpaired) electrons. The molecule has 0 saturated carbocycles. The van der Waals surface area contributed by atoms with Gasteiger partial charge in [-0.25, -0.2) is 14.5 Å². The van der Waals surface area contributed by atoms with Crippen molar-refractivity contribution in [3.05, 3.63) is 29.8 Å². The fourth-order valence-electron chi connectivity index (χ4n) is 2.48. The molecule has 1 saturated heterocycles. The zero-order valence-corrected chi connectivity index (χ0v) is 13.9. The maximum absolute atomic E-state index is 12.8. The number of carbonyl (C=O) groups excluding carboxylic acids is 2. The van der Waals surface area contributed by atoms with Gasteiger partial charge in [0.25, 0.3) is 0 Å². The van der Waals surface area contributed by atoms with Gasteiger partial charge in [-0.2, -0.15) is 0 Å². The van der Waals surface area contributed by atoms with Crippen LogP contribution in [0.3, 0.4) is 0 Å².